The maximum absolute atomic E-state index is 7.15. The van der Waals surface area contributed by atoms with Crippen LogP contribution in [0.4, 0.5) is 17.1 Å². The van der Waals surface area contributed by atoms with Gasteiger partial charge in [-0.1, -0.05) is 206 Å². The third-order valence-corrected chi connectivity index (χ3v) is 17.4. The standard InChI is InChI=1S/C78H46N4O2/c1-3-17-47(18-4-1)52-41-53(48-19-5-2-6-20-48)44-55(43-52)81(70-31-16-29-66-61-26-12-14-32-71(61)83-76(66)70)54-34-35-57-49(42-54)22-15-28-56(57)50-33-40-72-68(45-50)67-39-38-65-64-37-36-63-60-25-9-8-23-58(60)59-24-10-11-27-62(59)73(63)74(64)82(75(65)77(67)84-72)78-79-46-51-21-7-13-30-69(51)80-78/h1-46H. The Morgan fingerprint density at radius 2 is 0.893 bits per heavy atom. The van der Waals surface area contributed by atoms with Crippen LogP contribution in [0.1, 0.15) is 0 Å². The lowest BCUT2D eigenvalue weighted by atomic mass is 9.93. The van der Waals surface area contributed by atoms with Gasteiger partial charge in [0, 0.05) is 60.7 Å². The zero-order chi connectivity index (χ0) is 55.0. The molecule has 0 radical (unpaired) electrons. The molecule has 0 aliphatic heterocycles. The first kappa shape index (κ1) is 46.4. The molecular weight excluding hydrogens is 1020 g/mol. The van der Waals surface area contributed by atoms with Crippen LogP contribution >= 0.6 is 0 Å². The van der Waals surface area contributed by atoms with Gasteiger partial charge in [-0.2, -0.15) is 0 Å². The first-order valence-electron chi connectivity index (χ1n) is 28.5. The van der Waals surface area contributed by atoms with E-state index in [2.05, 4.69) is 264 Å². The number of benzene rings is 14. The lowest BCUT2D eigenvalue weighted by Gasteiger charge is -2.27. The average Bonchev–Trinajstić information content (AvgIpc) is 1.63. The molecule has 18 rings (SSSR count). The molecule has 0 saturated heterocycles. The molecule has 0 atom stereocenters. The van der Waals surface area contributed by atoms with Gasteiger partial charge in [-0.25, -0.2) is 9.97 Å². The molecule has 0 aliphatic rings. The number of aromatic nitrogens is 3. The van der Waals surface area contributed by atoms with E-state index in [1.54, 1.807) is 0 Å². The quantitative estimate of drug-likeness (QED) is 0.149. The van der Waals surface area contributed by atoms with E-state index in [9.17, 15) is 0 Å². The molecule has 0 bridgehead atoms. The highest BCUT2D eigenvalue weighted by molar-refractivity contribution is 6.35. The summed E-state index contributed by atoms with van der Waals surface area (Å²) in [6.45, 7) is 0. The third kappa shape index (κ3) is 6.98. The van der Waals surface area contributed by atoms with Gasteiger partial charge in [0.1, 0.15) is 16.7 Å². The first-order valence-corrected chi connectivity index (χ1v) is 28.5. The number of hydrogen-bond donors (Lipinski definition) is 0. The largest absolute Gasteiger partial charge is 0.454 e. The van der Waals surface area contributed by atoms with Crippen LogP contribution in [0.15, 0.2) is 288 Å². The number of hydrogen-bond acceptors (Lipinski definition) is 5. The van der Waals surface area contributed by atoms with Crippen LogP contribution < -0.4 is 4.90 Å². The van der Waals surface area contributed by atoms with Gasteiger partial charge in [-0.15, -0.1) is 0 Å². The van der Waals surface area contributed by atoms with Gasteiger partial charge in [-0.05, 0) is 138 Å². The van der Waals surface area contributed by atoms with Gasteiger partial charge >= 0.3 is 0 Å². The Hall–Kier alpha value is -11.3. The van der Waals surface area contributed by atoms with E-state index in [1.165, 1.54) is 26.9 Å². The topological polar surface area (TPSA) is 60.2 Å². The normalized spacial score (nSPS) is 12.0. The summed E-state index contributed by atoms with van der Waals surface area (Å²) in [4.78, 5) is 12.8. The number of fused-ring (bicyclic) bond motifs is 19. The number of rotatable bonds is 7. The van der Waals surface area contributed by atoms with Crippen LogP contribution in [0.5, 0.6) is 0 Å². The fourth-order valence-corrected chi connectivity index (χ4v) is 13.6. The maximum Gasteiger partial charge on any atom is 0.235 e. The maximum atomic E-state index is 7.15. The van der Waals surface area contributed by atoms with Gasteiger partial charge in [0.2, 0.25) is 5.95 Å². The predicted octanol–water partition coefficient (Wildman–Crippen LogP) is 21.6. The molecule has 14 aromatic carbocycles. The van der Waals surface area contributed by atoms with Crippen LogP contribution in [0.3, 0.4) is 0 Å². The second kappa shape index (κ2) is 18.1. The average molecular weight is 1070 g/mol. The number of anilines is 3. The van der Waals surface area contributed by atoms with E-state index in [-0.39, 0.29) is 0 Å². The Labute approximate surface area is 480 Å². The number of furan rings is 2. The van der Waals surface area contributed by atoms with Crippen LogP contribution in [0, 0.1) is 0 Å². The molecule has 0 N–H and O–H groups in total. The minimum Gasteiger partial charge on any atom is -0.454 e. The Balaban J connectivity index is 0.836. The number of nitrogens with zero attached hydrogens (tertiary/aromatic N) is 4. The van der Waals surface area contributed by atoms with Crippen LogP contribution in [-0.2, 0) is 0 Å². The van der Waals surface area contributed by atoms with Crippen LogP contribution in [0.25, 0.3) is 159 Å². The van der Waals surface area contributed by atoms with Gasteiger partial charge in [0.15, 0.2) is 11.2 Å². The van der Waals surface area contributed by atoms with E-state index in [0.717, 1.165) is 143 Å². The summed E-state index contributed by atoms with van der Waals surface area (Å²) in [5, 5.41) is 16.8. The van der Waals surface area contributed by atoms with Crippen molar-refractivity contribution < 1.29 is 8.83 Å². The van der Waals surface area contributed by atoms with E-state index in [0.29, 0.717) is 5.95 Å². The molecule has 0 spiro atoms. The van der Waals surface area contributed by atoms with Crippen molar-refractivity contribution in [1.82, 2.24) is 14.5 Å². The summed E-state index contributed by atoms with van der Waals surface area (Å²) < 4.78 is 16.3. The number of para-hydroxylation sites is 3. The summed E-state index contributed by atoms with van der Waals surface area (Å²) in [6, 6.07) is 98.0. The molecule has 0 fully saturated rings. The molecular formula is C78H46N4O2. The summed E-state index contributed by atoms with van der Waals surface area (Å²) in [7, 11) is 0. The predicted molar refractivity (Wildman–Crippen MR) is 349 cm³/mol. The fraction of sp³-hybridized carbons (Fsp3) is 0. The second-order valence-corrected chi connectivity index (χ2v) is 22.0. The minimum absolute atomic E-state index is 0.593. The first-order chi connectivity index (χ1) is 41.6. The molecule has 390 valence electrons. The molecule has 4 heterocycles. The third-order valence-electron chi connectivity index (χ3n) is 17.4. The second-order valence-electron chi connectivity index (χ2n) is 22.0. The van der Waals surface area contributed by atoms with Crippen molar-refractivity contribution >= 4 is 137 Å². The summed E-state index contributed by atoms with van der Waals surface area (Å²) in [5.41, 5.74) is 15.9. The van der Waals surface area contributed by atoms with Crippen molar-refractivity contribution in [1.29, 1.82) is 0 Å². The van der Waals surface area contributed by atoms with Crippen molar-refractivity contribution in [3.63, 3.8) is 0 Å². The minimum atomic E-state index is 0.593. The lowest BCUT2D eigenvalue weighted by Crippen LogP contribution is -2.10. The Morgan fingerprint density at radius 1 is 0.321 bits per heavy atom. The van der Waals surface area contributed by atoms with Crippen molar-refractivity contribution in [3.8, 4) is 39.3 Å². The van der Waals surface area contributed by atoms with Gasteiger partial charge in [0.05, 0.1) is 16.7 Å². The highest BCUT2D eigenvalue weighted by Gasteiger charge is 2.26. The van der Waals surface area contributed by atoms with E-state index in [4.69, 9.17) is 18.8 Å². The smallest absolute Gasteiger partial charge is 0.235 e. The highest BCUT2D eigenvalue weighted by Crippen LogP contribution is 2.49. The lowest BCUT2D eigenvalue weighted by molar-refractivity contribution is 0.669. The van der Waals surface area contributed by atoms with Crippen LogP contribution in [0.2, 0.25) is 0 Å². The van der Waals surface area contributed by atoms with Crippen molar-refractivity contribution in [3.05, 3.63) is 279 Å². The van der Waals surface area contributed by atoms with Gasteiger partial charge in [0.25, 0.3) is 0 Å². The zero-order valence-electron chi connectivity index (χ0n) is 45.2. The Morgan fingerprint density at radius 3 is 1.68 bits per heavy atom. The molecule has 84 heavy (non-hydrogen) atoms. The molecule has 6 nitrogen and oxygen atoms in total. The van der Waals surface area contributed by atoms with Crippen molar-refractivity contribution in [2.45, 2.75) is 0 Å². The van der Waals surface area contributed by atoms with Crippen LogP contribution in [-0.4, -0.2) is 14.5 Å². The Kier molecular flexibility index (Phi) is 9.99. The molecule has 0 unspecified atom stereocenters. The van der Waals surface area contributed by atoms with E-state index >= 15 is 0 Å². The van der Waals surface area contributed by atoms with Crippen molar-refractivity contribution in [2.24, 2.45) is 0 Å². The monoisotopic (exact) mass is 1070 g/mol. The van der Waals surface area contributed by atoms with E-state index in [1.807, 2.05) is 24.4 Å². The molecule has 0 amide bonds. The zero-order valence-corrected chi connectivity index (χ0v) is 45.2. The molecule has 6 heteroatoms. The van der Waals surface area contributed by atoms with Gasteiger partial charge in [-0.3, -0.25) is 4.57 Å². The summed E-state index contributed by atoms with van der Waals surface area (Å²) in [6.07, 6.45) is 1.94. The SMILES string of the molecule is c1ccc(-c2cc(-c3ccccc3)cc(N(c3ccc4c(-c5ccc6oc7c(ccc8c9ccc%10c%11ccccc%11c%11ccccc%11c%10c9n(-c9ncc%10ccccc%10n9)c87)c6c5)cccc4c3)c3cccc4c3oc3ccccc34)c2)cc1. The molecule has 18 aromatic rings. The van der Waals surface area contributed by atoms with Gasteiger partial charge < -0.3 is 13.7 Å². The molecule has 0 aliphatic carbocycles. The summed E-state index contributed by atoms with van der Waals surface area (Å²) >= 11 is 0. The fourth-order valence-electron chi connectivity index (χ4n) is 13.6. The Bertz CT molecular complexity index is 5670. The summed E-state index contributed by atoms with van der Waals surface area (Å²) in [5.74, 6) is 0.593. The van der Waals surface area contributed by atoms with E-state index < -0.39 is 0 Å². The highest BCUT2D eigenvalue weighted by atomic mass is 16.3. The molecule has 4 aromatic heterocycles. The molecule has 0 saturated carbocycles. The van der Waals surface area contributed by atoms with Crippen molar-refractivity contribution in [2.75, 3.05) is 4.90 Å².